The van der Waals surface area contributed by atoms with Crippen LogP contribution in [-0.2, 0) is 4.79 Å². The summed E-state index contributed by atoms with van der Waals surface area (Å²) in [6, 6.07) is 24.9. The van der Waals surface area contributed by atoms with Gasteiger partial charge >= 0.3 is 5.97 Å². The Bertz CT molecular complexity index is 1240. The van der Waals surface area contributed by atoms with Crippen LogP contribution in [0.4, 0.5) is 0 Å². The zero-order chi connectivity index (χ0) is 22.5. The molecule has 0 aliphatic heterocycles. The molecule has 0 aliphatic rings. The molecule has 1 heterocycles. The molecule has 0 aliphatic carbocycles. The smallest absolute Gasteiger partial charge is 0.303 e. The fraction of sp³-hybridized carbons (Fsp3) is 0.120. The number of hydrogen-bond acceptors (Lipinski definition) is 3. The number of aromatic nitrogens is 2. The average molecular weight is 467 g/mol. The highest BCUT2D eigenvalue weighted by Crippen LogP contribution is 2.34. The zero-order valence-electron chi connectivity index (χ0n) is 17.0. The third-order valence-electron chi connectivity index (χ3n) is 4.88. The summed E-state index contributed by atoms with van der Waals surface area (Å²) in [6.07, 6.45) is 0.489. The second-order valence-electron chi connectivity index (χ2n) is 7.13. The Kier molecular flexibility index (Phi) is 6.78. The molecule has 0 saturated carbocycles. The van der Waals surface area contributed by atoms with Crippen molar-refractivity contribution in [3.63, 3.8) is 0 Å². The molecule has 0 spiro atoms. The van der Waals surface area contributed by atoms with Crippen molar-refractivity contribution >= 4 is 29.2 Å². The summed E-state index contributed by atoms with van der Waals surface area (Å²) in [5.74, 6) is -0.189. The first-order chi connectivity index (χ1) is 15.5. The van der Waals surface area contributed by atoms with Crippen molar-refractivity contribution in [1.29, 1.82) is 0 Å². The molecule has 4 rings (SSSR count). The summed E-state index contributed by atoms with van der Waals surface area (Å²) in [7, 11) is 0. The van der Waals surface area contributed by atoms with E-state index in [0.717, 1.165) is 28.2 Å². The monoisotopic (exact) mass is 466 g/mol. The molecular formula is C25H20Cl2N2O3. The molecule has 32 heavy (non-hydrogen) atoms. The Hall–Kier alpha value is -3.28. The van der Waals surface area contributed by atoms with E-state index in [9.17, 15) is 4.79 Å². The van der Waals surface area contributed by atoms with Crippen LogP contribution in [0.25, 0.3) is 28.2 Å². The molecule has 5 nitrogen and oxygen atoms in total. The highest BCUT2D eigenvalue weighted by atomic mass is 35.5. The van der Waals surface area contributed by atoms with E-state index in [0.29, 0.717) is 28.8 Å². The van der Waals surface area contributed by atoms with Gasteiger partial charge in [-0.15, -0.1) is 0 Å². The molecule has 0 radical (unpaired) electrons. The van der Waals surface area contributed by atoms with Gasteiger partial charge in [0.15, 0.2) is 0 Å². The first-order valence-corrected chi connectivity index (χ1v) is 10.8. The van der Waals surface area contributed by atoms with Crippen molar-refractivity contribution in [3.05, 3.63) is 88.9 Å². The predicted molar refractivity (Wildman–Crippen MR) is 127 cm³/mol. The molecule has 7 heteroatoms. The fourth-order valence-corrected chi connectivity index (χ4v) is 3.64. The summed E-state index contributed by atoms with van der Waals surface area (Å²) in [6.45, 7) is 0.308. The van der Waals surface area contributed by atoms with E-state index in [4.69, 9.17) is 38.1 Å². The van der Waals surface area contributed by atoms with Crippen LogP contribution in [0.15, 0.2) is 78.9 Å². The zero-order valence-corrected chi connectivity index (χ0v) is 18.6. The standard InChI is InChI=1S/C25H20Cl2N2O3/c26-20-13-12-18(15-21(20)27)29-23(17-7-2-1-3-8-17)16-22(28-29)19-9-4-5-10-24(19)32-14-6-11-25(30)31/h1-5,7-10,12-13,15-16H,6,11,14H2,(H,30,31). The Morgan fingerprint density at radius 3 is 2.44 bits per heavy atom. The van der Waals surface area contributed by atoms with E-state index in [1.165, 1.54) is 0 Å². The quantitative estimate of drug-likeness (QED) is 0.291. The molecule has 1 N–H and O–H groups in total. The number of para-hydroxylation sites is 1. The van der Waals surface area contributed by atoms with Gasteiger partial charge in [0.2, 0.25) is 0 Å². The molecule has 4 aromatic rings. The lowest BCUT2D eigenvalue weighted by molar-refractivity contribution is -0.137. The average Bonchev–Trinajstić information content (AvgIpc) is 3.24. The molecule has 0 amide bonds. The van der Waals surface area contributed by atoms with Gasteiger partial charge in [0, 0.05) is 17.5 Å². The van der Waals surface area contributed by atoms with Gasteiger partial charge < -0.3 is 9.84 Å². The van der Waals surface area contributed by atoms with Crippen LogP contribution in [0.1, 0.15) is 12.8 Å². The molecule has 0 bridgehead atoms. The first kappa shape index (κ1) is 21.9. The first-order valence-electron chi connectivity index (χ1n) is 10.1. The maximum Gasteiger partial charge on any atom is 0.303 e. The Balaban J connectivity index is 1.76. The minimum atomic E-state index is -0.838. The highest BCUT2D eigenvalue weighted by Gasteiger charge is 2.16. The van der Waals surface area contributed by atoms with Crippen LogP contribution in [0, 0.1) is 0 Å². The number of benzene rings is 3. The number of ether oxygens (including phenoxy) is 1. The van der Waals surface area contributed by atoms with Gasteiger partial charge in [-0.1, -0.05) is 65.7 Å². The predicted octanol–water partition coefficient (Wildman–Crippen LogP) is 6.76. The number of nitrogens with zero attached hydrogens (tertiary/aromatic N) is 2. The van der Waals surface area contributed by atoms with Crippen molar-refractivity contribution < 1.29 is 14.6 Å². The van der Waals surface area contributed by atoms with E-state index in [1.807, 2.05) is 71.4 Å². The Morgan fingerprint density at radius 1 is 0.938 bits per heavy atom. The van der Waals surface area contributed by atoms with Gasteiger partial charge in [-0.05, 0) is 42.8 Å². The number of carbonyl (C=O) groups is 1. The van der Waals surface area contributed by atoms with Gasteiger partial charge in [0.25, 0.3) is 0 Å². The van der Waals surface area contributed by atoms with Crippen LogP contribution in [0.5, 0.6) is 5.75 Å². The van der Waals surface area contributed by atoms with Crippen LogP contribution in [0.3, 0.4) is 0 Å². The number of hydrogen-bond donors (Lipinski definition) is 1. The Labute approximate surface area is 195 Å². The summed E-state index contributed by atoms with van der Waals surface area (Å²) >= 11 is 12.4. The number of carboxylic acids is 1. The molecular weight excluding hydrogens is 447 g/mol. The SMILES string of the molecule is O=C(O)CCCOc1ccccc1-c1cc(-c2ccccc2)n(-c2ccc(Cl)c(Cl)c2)n1. The molecule has 0 saturated heterocycles. The van der Waals surface area contributed by atoms with Crippen LogP contribution >= 0.6 is 23.2 Å². The number of rotatable bonds is 8. The number of aliphatic carboxylic acids is 1. The number of carboxylic acid groups (broad SMARTS) is 1. The van der Waals surface area contributed by atoms with E-state index in [2.05, 4.69) is 0 Å². The Morgan fingerprint density at radius 2 is 1.69 bits per heavy atom. The van der Waals surface area contributed by atoms with E-state index in [-0.39, 0.29) is 6.42 Å². The van der Waals surface area contributed by atoms with Gasteiger partial charge in [-0.3, -0.25) is 4.79 Å². The van der Waals surface area contributed by atoms with E-state index < -0.39 is 5.97 Å². The molecule has 0 fully saturated rings. The second kappa shape index (κ2) is 9.90. The lowest BCUT2D eigenvalue weighted by atomic mass is 10.1. The third-order valence-corrected chi connectivity index (χ3v) is 5.62. The van der Waals surface area contributed by atoms with Gasteiger partial charge in [-0.2, -0.15) is 5.10 Å². The van der Waals surface area contributed by atoms with Crippen molar-refractivity contribution in [2.24, 2.45) is 0 Å². The molecule has 1 aromatic heterocycles. The summed E-state index contributed by atoms with van der Waals surface area (Å²) in [5, 5.41) is 14.6. The largest absolute Gasteiger partial charge is 0.493 e. The molecule has 3 aromatic carbocycles. The van der Waals surface area contributed by atoms with Crippen LogP contribution < -0.4 is 4.74 Å². The topological polar surface area (TPSA) is 64.3 Å². The van der Waals surface area contributed by atoms with E-state index in [1.54, 1.807) is 12.1 Å². The van der Waals surface area contributed by atoms with Crippen molar-refractivity contribution in [2.45, 2.75) is 12.8 Å². The summed E-state index contributed by atoms with van der Waals surface area (Å²) < 4.78 is 7.71. The van der Waals surface area contributed by atoms with Crippen molar-refractivity contribution in [2.75, 3.05) is 6.61 Å². The maximum atomic E-state index is 10.8. The van der Waals surface area contributed by atoms with Crippen molar-refractivity contribution in [3.8, 4) is 34.0 Å². The van der Waals surface area contributed by atoms with Crippen LogP contribution in [-0.4, -0.2) is 27.5 Å². The molecule has 162 valence electrons. The maximum absolute atomic E-state index is 10.8. The van der Waals surface area contributed by atoms with Gasteiger partial charge in [0.1, 0.15) is 5.75 Å². The van der Waals surface area contributed by atoms with Crippen molar-refractivity contribution in [1.82, 2.24) is 9.78 Å². The third kappa shape index (κ3) is 4.96. The lowest BCUT2D eigenvalue weighted by Crippen LogP contribution is -2.03. The van der Waals surface area contributed by atoms with Gasteiger partial charge in [0.05, 0.1) is 33.7 Å². The highest BCUT2D eigenvalue weighted by molar-refractivity contribution is 6.42. The van der Waals surface area contributed by atoms with Crippen LogP contribution in [0.2, 0.25) is 10.0 Å². The summed E-state index contributed by atoms with van der Waals surface area (Å²) in [4.78, 5) is 10.8. The lowest BCUT2D eigenvalue weighted by Gasteiger charge is -2.10. The fourth-order valence-electron chi connectivity index (χ4n) is 3.35. The minimum Gasteiger partial charge on any atom is -0.493 e. The number of halogens is 2. The normalized spacial score (nSPS) is 10.8. The molecule has 0 unspecified atom stereocenters. The van der Waals surface area contributed by atoms with E-state index >= 15 is 0 Å². The second-order valence-corrected chi connectivity index (χ2v) is 7.95. The minimum absolute atomic E-state index is 0.0618. The van der Waals surface area contributed by atoms with Gasteiger partial charge in [-0.25, -0.2) is 4.68 Å². The summed E-state index contributed by atoms with van der Waals surface area (Å²) in [5.41, 5.74) is 4.21. The molecule has 0 atom stereocenters.